The van der Waals surface area contributed by atoms with Crippen LogP contribution in [0.25, 0.3) is 0 Å². The van der Waals surface area contributed by atoms with Crippen molar-refractivity contribution in [2.45, 2.75) is 64.6 Å². The molecular formula is C21H29N3O4S. The van der Waals surface area contributed by atoms with Gasteiger partial charge in [0, 0.05) is 17.6 Å². The van der Waals surface area contributed by atoms with Crippen molar-refractivity contribution < 1.29 is 18.7 Å². The Morgan fingerprint density at radius 2 is 2.07 bits per heavy atom. The molecule has 2 aromatic heterocycles. The van der Waals surface area contributed by atoms with E-state index in [1.54, 1.807) is 19.2 Å². The van der Waals surface area contributed by atoms with Gasteiger partial charge in [-0.05, 0) is 39.8 Å². The zero-order chi connectivity index (χ0) is 21.0. The van der Waals surface area contributed by atoms with Crippen LogP contribution in [-0.2, 0) is 16.1 Å². The van der Waals surface area contributed by atoms with Crippen molar-refractivity contribution in [3.05, 3.63) is 34.7 Å². The topological polar surface area (TPSA) is 75.9 Å². The molecule has 1 unspecified atom stereocenters. The Labute approximate surface area is 175 Å². The van der Waals surface area contributed by atoms with Gasteiger partial charge in [0.05, 0.1) is 19.7 Å². The van der Waals surface area contributed by atoms with Gasteiger partial charge in [-0.25, -0.2) is 9.78 Å². The third-order valence-corrected chi connectivity index (χ3v) is 6.37. The molecule has 1 fully saturated rings. The number of anilines is 1. The van der Waals surface area contributed by atoms with Crippen LogP contribution < -0.4 is 4.90 Å². The summed E-state index contributed by atoms with van der Waals surface area (Å²) in [5.41, 5.74) is 0.418. The van der Waals surface area contributed by atoms with Crippen molar-refractivity contribution in [1.29, 1.82) is 0 Å². The molecule has 8 heteroatoms. The third-order valence-electron chi connectivity index (χ3n) is 5.60. The van der Waals surface area contributed by atoms with E-state index in [4.69, 9.17) is 9.15 Å². The third kappa shape index (κ3) is 4.87. The molecule has 0 aromatic carbocycles. The molecule has 158 valence electrons. The molecule has 0 saturated heterocycles. The largest absolute Gasteiger partial charge is 0.465 e. The van der Waals surface area contributed by atoms with Gasteiger partial charge in [-0.15, -0.1) is 11.3 Å². The van der Waals surface area contributed by atoms with E-state index in [9.17, 15) is 9.59 Å². The van der Waals surface area contributed by atoms with Crippen LogP contribution in [-0.4, -0.2) is 48.0 Å². The number of likely N-dealkylation sites (N-methyl/N-ethyl adjacent to an activating group) is 1. The molecule has 0 N–H and O–H groups in total. The van der Waals surface area contributed by atoms with E-state index >= 15 is 0 Å². The highest BCUT2D eigenvalue weighted by Crippen LogP contribution is 2.30. The van der Waals surface area contributed by atoms with E-state index in [-0.39, 0.29) is 18.0 Å². The van der Waals surface area contributed by atoms with Crippen molar-refractivity contribution in [3.63, 3.8) is 0 Å². The average Bonchev–Trinajstić information content (AvgIpc) is 3.37. The lowest BCUT2D eigenvalue weighted by atomic mass is 9.94. The first kappa shape index (κ1) is 21.5. The summed E-state index contributed by atoms with van der Waals surface area (Å²) in [5, 5.41) is 2.68. The van der Waals surface area contributed by atoms with Gasteiger partial charge in [-0.2, -0.15) is 0 Å². The van der Waals surface area contributed by atoms with Crippen LogP contribution in [0, 0.1) is 6.92 Å². The molecule has 0 radical (unpaired) electrons. The van der Waals surface area contributed by atoms with E-state index in [1.807, 2.05) is 29.2 Å². The molecule has 1 aliphatic rings. The predicted molar refractivity (Wildman–Crippen MR) is 112 cm³/mol. The SMILES string of the molecule is COC(=O)c1cc(CN(C)C(C)C(=O)N(c2nccs2)C2CCCCC2)oc1C. The minimum atomic E-state index is -0.420. The van der Waals surface area contributed by atoms with Crippen LogP contribution in [0.4, 0.5) is 5.13 Å². The lowest BCUT2D eigenvalue weighted by Crippen LogP contribution is -2.50. The minimum absolute atomic E-state index is 0.0471. The second kappa shape index (κ2) is 9.54. The zero-order valence-electron chi connectivity index (χ0n) is 17.5. The summed E-state index contributed by atoms with van der Waals surface area (Å²) in [5.74, 6) is 0.775. The maximum atomic E-state index is 13.4. The van der Waals surface area contributed by atoms with Gasteiger partial charge >= 0.3 is 5.97 Å². The summed E-state index contributed by atoms with van der Waals surface area (Å²) in [6, 6.07) is 1.54. The number of nitrogens with zero attached hydrogens (tertiary/aromatic N) is 3. The second-order valence-electron chi connectivity index (χ2n) is 7.58. The van der Waals surface area contributed by atoms with Gasteiger partial charge in [-0.3, -0.25) is 14.6 Å². The standard InChI is InChI=1S/C21H29N3O4S/c1-14(23(3)13-17-12-18(15(2)28-17)20(26)27-4)19(25)24(21-22-10-11-29-21)16-8-6-5-7-9-16/h10-12,14,16H,5-9,13H2,1-4H3. The molecule has 1 amide bonds. The molecule has 29 heavy (non-hydrogen) atoms. The van der Waals surface area contributed by atoms with Crippen molar-refractivity contribution in [1.82, 2.24) is 9.88 Å². The van der Waals surface area contributed by atoms with Crippen molar-refractivity contribution in [2.75, 3.05) is 19.1 Å². The van der Waals surface area contributed by atoms with Crippen molar-refractivity contribution in [2.24, 2.45) is 0 Å². The number of aryl methyl sites for hydroxylation is 1. The summed E-state index contributed by atoms with van der Waals surface area (Å²) in [7, 11) is 3.24. The molecule has 7 nitrogen and oxygen atoms in total. The molecule has 2 aromatic rings. The van der Waals surface area contributed by atoms with E-state index in [2.05, 4.69) is 4.98 Å². The normalized spacial score (nSPS) is 16.0. The first-order valence-electron chi connectivity index (χ1n) is 10.0. The number of rotatable bonds is 7. The van der Waals surface area contributed by atoms with Crippen LogP contribution in [0.3, 0.4) is 0 Å². The van der Waals surface area contributed by atoms with Crippen LogP contribution in [0.15, 0.2) is 22.1 Å². The Morgan fingerprint density at radius 1 is 1.34 bits per heavy atom. The fourth-order valence-corrected chi connectivity index (χ4v) is 4.53. The van der Waals surface area contributed by atoms with Crippen molar-refractivity contribution >= 4 is 28.3 Å². The lowest BCUT2D eigenvalue weighted by molar-refractivity contribution is -0.123. The fourth-order valence-electron chi connectivity index (χ4n) is 3.81. The number of methoxy groups -OCH3 is 1. The summed E-state index contributed by atoms with van der Waals surface area (Å²) >= 11 is 1.50. The Bertz CT molecular complexity index is 827. The monoisotopic (exact) mass is 419 g/mol. The highest BCUT2D eigenvalue weighted by molar-refractivity contribution is 7.13. The molecule has 0 aliphatic heterocycles. The molecule has 0 spiro atoms. The lowest BCUT2D eigenvalue weighted by Gasteiger charge is -2.36. The number of hydrogen-bond acceptors (Lipinski definition) is 7. The maximum absolute atomic E-state index is 13.4. The number of carbonyl (C=O) groups excluding carboxylic acids is 2. The number of carbonyl (C=O) groups is 2. The van der Waals surface area contributed by atoms with Crippen LogP contribution in [0.5, 0.6) is 0 Å². The predicted octanol–water partition coefficient (Wildman–Crippen LogP) is 4.02. The van der Waals surface area contributed by atoms with Gasteiger partial charge in [0.1, 0.15) is 17.1 Å². The average molecular weight is 420 g/mol. The second-order valence-corrected chi connectivity index (χ2v) is 8.45. The summed E-state index contributed by atoms with van der Waals surface area (Å²) in [6.45, 7) is 4.06. The number of thiazole rings is 1. The van der Waals surface area contributed by atoms with Crippen molar-refractivity contribution in [3.8, 4) is 0 Å². The number of furan rings is 1. The van der Waals surface area contributed by atoms with E-state index in [0.717, 1.165) is 30.8 Å². The number of ether oxygens (including phenoxy) is 1. The van der Waals surface area contributed by atoms with Gasteiger partial charge < -0.3 is 9.15 Å². The molecule has 0 bridgehead atoms. The van der Waals surface area contributed by atoms with Gasteiger partial charge in [0.15, 0.2) is 5.13 Å². The van der Waals surface area contributed by atoms with E-state index in [0.29, 0.717) is 23.6 Å². The first-order chi connectivity index (χ1) is 13.9. The Hall–Kier alpha value is -2.19. The quantitative estimate of drug-likeness (QED) is 0.631. The molecule has 1 saturated carbocycles. The van der Waals surface area contributed by atoms with Crippen LogP contribution >= 0.6 is 11.3 Å². The number of esters is 1. The summed E-state index contributed by atoms with van der Waals surface area (Å²) < 4.78 is 10.5. The Morgan fingerprint density at radius 3 is 2.69 bits per heavy atom. The highest BCUT2D eigenvalue weighted by atomic mass is 32.1. The zero-order valence-corrected chi connectivity index (χ0v) is 18.3. The molecule has 1 aliphatic carbocycles. The van der Waals surface area contributed by atoms with Gasteiger partial charge in [0.2, 0.25) is 5.91 Å². The van der Waals surface area contributed by atoms with Crippen LogP contribution in [0.1, 0.15) is 60.9 Å². The Balaban J connectivity index is 1.74. The number of amides is 1. The smallest absolute Gasteiger partial charge is 0.341 e. The number of hydrogen-bond donors (Lipinski definition) is 0. The van der Waals surface area contributed by atoms with Crippen LogP contribution in [0.2, 0.25) is 0 Å². The first-order valence-corrected chi connectivity index (χ1v) is 10.9. The minimum Gasteiger partial charge on any atom is -0.465 e. The highest BCUT2D eigenvalue weighted by Gasteiger charge is 2.33. The fraction of sp³-hybridized carbons (Fsp3) is 0.571. The van der Waals surface area contributed by atoms with Gasteiger partial charge in [-0.1, -0.05) is 19.3 Å². The molecule has 1 atom stereocenters. The number of aromatic nitrogens is 1. The Kier molecular flexibility index (Phi) is 7.08. The molecule has 2 heterocycles. The summed E-state index contributed by atoms with van der Waals surface area (Å²) in [6.07, 6.45) is 7.30. The van der Waals surface area contributed by atoms with E-state index < -0.39 is 5.97 Å². The summed E-state index contributed by atoms with van der Waals surface area (Å²) in [4.78, 5) is 33.5. The molecular weight excluding hydrogens is 390 g/mol. The van der Waals surface area contributed by atoms with Gasteiger partial charge in [0.25, 0.3) is 0 Å². The van der Waals surface area contributed by atoms with E-state index in [1.165, 1.54) is 24.9 Å². The maximum Gasteiger partial charge on any atom is 0.341 e. The molecule has 3 rings (SSSR count).